The fourth-order valence-corrected chi connectivity index (χ4v) is 2.40. The Hall–Kier alpha value is -2.54. The van der Waals surface area contributed by atoms with Crippen LogP contribution in [-0.2, 0) is 11.3 Å². The van der Waals surface area contributed by atoms with Crippen LogP contribution >= 0.6 is 0 Å². The SMILES string of the molecule is CC(C)(N)CC(=O)NCc1ccc(-c2ccccc2OC(F)(F)F)cc1. The maximum absolute atomic E-state index is 12.5. The number of nitrogens with two attached hydrogens (primary N) is 1. The van der Waals surface area contributed by atoms with E-state index >= 15 is 0 Å². The minimum atomic E-state index is -4.75. The molecule has 0 aromatic heterocycles. The number of amides is 1. The molecule has 0 bridgehead atoms. The highest BCUT2D eigenvalue weighted by Gasteiger charge is 2.32. The lowest BCUT2D eigenvalue weighted by atomic mass is 10.0. The fourth-order valence-electron chi connectivity index (χ4n) is 2.40. The number of hydrogen-bond donors (Lipinski definition) is 2. The highest BCUT2D eigenvalue weighted by Crippen LogP contribution is 2.33. The van der Waals surface area contributed by atoms with Crippen molar-refractivity contribution in [1.29, 1.82) is 0 Å². The van der Waals surface area contributed by atoms with Crippen LogP contribution in [0.2, 0.25) is 0 Å². The number of rotatable bonds is 6. The molecule has 0 saturated carbocycles. The monoisotopic (exact) mass is 366 g/mol. The van der Waals surface area contributed by atoms with Crippen molar-refractivity contribution in [3.63, 3.8) is 0 Å². The van der Waals surface area contributed by atoms with Gasteiger partial charge in [-0.25, -0.2) is 0 Å². The molecule has 0 spiro atoms. The summed E-state index contributed by atoms with van der Waals surface area (Å²) in [5, 5.41) is 2.76. The van der Waals surface area contributed by atoms with Crippen LogP contribution in [0.5, 0.6) is 5.75 Å². The van der Waals surface area contributed by atoms with Crippen LogP contribution in [0.3, 0.4) is 0 Å². The van der Waals surface area contributed by atoms with E-state index in [1.807, 2.05) is 0 Å². The Morgan fingerprint density at radius 1 is 1.08 bits per heavy atom. The Bertz CT molecular complexity index is 751. The zero-order valence-corrected chi connectivity index (χ0v) is 14.6. The van der Waals surface area contributed by atoms with Crippen molar-refractivity contribution in [2.24, 2.45) is 5.73 Å². The van der Waals surface area contributed by atoms with Crippen LogP contribution in [-0.4, -0.2) is 17.8 Å². The maximum atomic E-state index is 12.5. The van der Waals surface area contributed by atoms with Gasteiger partial charge in [0, 0.05) is 24.1 Å². The third kappa shape index (κ3) is 6.40. The summed E-state index contributed by atoms with van der Waals surface area (Å²) in [6, 6.07) is 12.8. The number of hydrogen-bond acceptors (Lipinski definition) is 3. The number of carbonyl (C=O) groups excluding carboxylic acids is 1. The molecule has 140 valence electrons. The Balaban J connectivity index is 2.07. The quantitative estimate of drug-likeness (QED) is 0.812. The van der Waals surface area contributed by atoms with Crippen LogP contribution in [0.15, 0.2) is 48.5 Å². The van der Waals surface area contributed by atoms with E-state index in [0.29, 0.717) is 17.7 Å². The number of nitrogens with one attached hydrogen (secondary N) is 1. The molecule has 0 atom stereocenters. The molecule has 2 aromatic rings. The van der Waals surface area contributed by atoms with Gasteiger partial charge in [0.25, 0.3) is 0 Å². The first-order valence-electron chi connectivity index (χ1n) is 8.03. The third-order valence-electron chi connectivity index (χ3n) is 3.48. The summed E-state index contributed by atoms with van der Waals surface area (Å²) in [5.41, 5.74) is 6.96. The summed E-state index contributed by atoms with van der Waals surface area (Å²) < 4.78 is 41.6. The molecule has 0 aliphatic rings. The Morgan fingerprint density at radius 3 is 2.27 bits per heavy atom. The summed E-state index contributed by atoms with van der Waals surface area (Å²) >= 11 is 0. The van der Waals surface area contributed by atoms with E-state index < -0.39 is 11.9 Å². The van der Waals surface area contributed by atoms with E-state index in [-0.39, 0.29) is 18.1 Å². The van der Waals surface area contributed by atoms with Crippen molar-refractivity contribution in [2.45, 2.75) is 38.7 Å². The number of carbonyl (C=O) groups is 1. The van der Waals surface area contributed by atoms with Crippen molar-refractivity contribution in [2.75, 3.05) is 0 Å². The molecular weight excluding hydrogens is 345 g/mol. The van der Waals surface area contributed by atoms with Gasteiger partial charge >= 0.3 is 6.36 Å². The first-order chi connectivity index (χ1) is 12.0. The van der Waals surface area contributed by atoms with Gasteiger partial charge in [0.2, 0.25) is 5.91 Å². The smallest absolute Gasteiger partial charge is 0.405 e. The molecule has 0 saturated heterocycles. The van der Waals surface area contributed by atoms with Crippen LogP contribution in [0, 0.1) is 0 Å². The molecule has 4 nitrogen and oxygen atoms in total. The Kier molecular flexibility index (Phi) is 5.92. The van der Waals surface area contributed by atoms with Crippen LogP contribution in [0.25, 0.3) is 11.1 Å². The van der Waals surface area contributed by atoms with Crippen molar-refractivity contribution >= 4 is 5.91 Å². The zero-order chi connectivity index (χ0) is 19.4. The van der Waals surface area contributed by atoms with Gasteiger partial charge in [-0.2, -0.15) is 0 Å². The average Bonchev–Trinajstić information content (AvgIpc) is 2.51. The molecular formula is C19H21F3N2O2. The second kappa shape index (κ2) is 7.78. The minimum Gasteiger partial charge on any atom is -0.405 e. The third-order valence-corrected chi connectivity index (χ3v) is 3.48. The lowest BCUT2D eigenvalue weighted by Crippen LogP contribution is -2.38. The summed E-state index contributed by atoms with van der Waals surface area (Å²) in [5.74, 6) is -0.420. The van der Waals surface area contributed by atoms with Gasteiger partial charge in [-0.3, -0.25) is 4.79 Å². The second-order valence-corrected chi connectivity index (χ2v) is 6.68. The second-order valence-electron chi connectivity index (χ2n) is 6.68. The van der Waals surface area contributed by atoms with E-state index in [2.05, 4.69) is 10.1 Å². The highest BCUT2D eigenvalue weighted by atomic mass is 19.4. The first kappa shape index (κ1) is 19.8. The fraction of sp³-hybridized carbons (Fsp3) is 0.316. The maximum Gasteiger partial charge on any atom is 0.573 e. The highest BCUT2D eigenvalue weighted by molar-refractivity contribution is 5.77. The van der Waals surface area contributed by atoms with Crippen molar-refractivity contribution in [3.8, 4) is 16.9 Å². The number of alkyl halides is 3. The molecule has 0 aliphatic heterocycles. The van der Waals surface area contributed by atoms with Gasteiger partial charge in [0.15, 0.2) is 0 Å². The molecule has 2 aromatic carbocycles. The standard InChI is InChI=1S/C19H21F3N2O2/c1-18(2,23)11-17(25)24-12-13-7-9-14(10-8-13)15-5-3-4-6-16(15)26-19(20,21)22/h3-10H,11-12,23H2,1-2H3,(H,24,25). The zero-order valence-electron chi connectivity index (χ0n) is 14.6. The van der Waals surface area contributed by atoms with Crippen molar-refractivity contribution in [1.82, 2.24) is 5.32 Å². The average molecular weight is 366 g/mol. The molecule has 26 heavy (non-hydrogen) atoms. The molecule has 0 fully saturated rings. The number of para-hydroxylation sites is 1. The largest absolute Gasteiger partial charge is 0.573 e. The van der Waals surface area contributed by atoms with Gasteiger partial charge in [0.05, 0.1) is 0 Å². The molecule has 0 aliphatic carbocycles. The number of benzene rings is 2. The van der Waals surface area contributed by atoms with Gasteiger partial charge in [-0.1, -0.05) is 42.5 Å². The number of ether oxygens (including phenoxy) is 1. The van der Waals surface area contributed by atoms with Gasteiger partial charge in [0.1, 0.15) is 5.75 Å². The van der Waals surface area contributed by atoms with E-state index in [1.165, 1.54) is 12.1 Å². The molecule has 2 rings (SSSR count). The molecule has 0 heterocycles. The van der Waals surface area contributed by atoms with Crippen LogP contribution in [0.1, 0.15) is 25.8 Å². The predicted molar refractivity (Wildman–Crippen MR) is 93.3 cm³/mol. The molecule has 1 amide bonds. The van der Waals surface area contributed by atoms with Crippen LogP contribution in [0.4, 0.5) is 13.2 Å². The normalized spacial score (nSPS) is 11.9. The van der Waals surface area contributed by atoms with E-state index in [0.717, 1.165) is 5.56 Å². The molecule has 0 unspecified atom stereocenters. The minimum absolute atomic E-state index is 0.162. The lowest BCUT2D eigenvalue weighted by Gasteiger charge is -2.17. The van der Waals surface area contributed by atoms with Crippen molar-refractivity contribution < 1.29 is 22.7 Å². The first-order valence-corrected chi connectivity index (χ1v) is 8.03. The van der Waals surface area contributed by atoms with E-state index in [1.54, 1.807) is 50.2 Å². The summed E-state index contributed by atoms with van der Waals surface area (Å²) in [6.45, 7) is 3.85. The summed E-state index contributed by atoms with van der Waals surface area (Å²) in [4.78, 5) is 11.8. The topological polar surface area (TPSA) is 64.4 Å². The van der Waals surface area contributed by atoms with Gasteiger partial charge in [-0.15, -0.1) is 13.2 Å². The van der Waals surface area contributed by atoms with Crippen LogP contribution < -0.4 is 15.8 Å². The lowest BCUT2D eigenvalue weighted by molar-refractivity contribution is -0.274. The van der Waals surface area contributed by atoms with Gasteiger partial charge < -0.3 is 15.8 Å². The summed E-state index contributed by atoms with van der Waals surface area (Å²) in [6.07, 6.45) is -4.55. The van der Waals surface area contributed by atoms with E-state index in [9.17, 15) is 18.0 Å². The van der Waals surface area contributed by atoms with Crippen molar-refractivity contribution in [3.05, 3.63) is 54.1 Å². The Labute approximate surface area is 150 Å². The van der Waals surface area contributed by atoms with E-state index in [4.69, 9.17) is 5.73 Å². The van der Waals surface area contributed by atoms with Gasteiger partial charge in [-0.05, 0) is 31.0 Å². The molecule has 7 heteroatoms. The predicted octanol–water partition coefficient (Wildman–Crippen LogP) is 4.00. The summed E-state index contributed by atoms with van der Waals surface area (Å²) in [7, 11) is 0. The molecule has 0 radical (unpaired) electrons. The Morgan fingerprint density at radius 2 is 1.69 bits per heavy atom. The molecule has 3 N–H and O–H groups in total. The number of halogens is 3.